The molecule has 1 aromatic heterocycles. The molecule has 3 rings (SSSR count). The summed E-state index contributed by atoms with van der Waals surface area (Å²) >= 11 is 0. The van der Waals surface area contributed by atoms with Crippen molar-refractivity contribution in [1.29, 1.82) is 0 Å². The molecule has 0 radical (unpaired) electrons. The zero-order chi connectivity index (χ0) is 15.0. The van der Waals surface area contributed by atoms with Gasteiger partial charge in [0.1, 0.15) is 0 Å². The smallest absolute Gasteiger partial charge is 0.321 e. The first-order valence-corrected chi connectivity index (χ1v) is 7.66. The first-order valence-electron chi connectivity index (χ1n) is 7.66. The molecular formula is C17H23N3O. The maximum atomic E-state index is 12.3. The maximum Gasteiger partial charge on any atom is 0.332 e. The van der Waals surface area contributed by atoms with Gasteiger partial charge in [-0.05, 0) is 37.5 Å². The Hall–Kier alpha value is -1.81. The number of imidazole rings is 1. The monoisotopic (exact) mass is 285 g/mol. The third-order valence-electron chi connectivity index (χ3n) is 4.65. The third kappa shape index (κ3) is 2.44. The standard InChI is InChI=1S/C17H23N3O/c1-13-12-19(2)16(21)20(13)15-8-6-7-14(11-15)17(18)9-4-3-5-10-17/h6-8,11-12H,3-5,9-10,18H2,1-2H3. The van der Waals surface area contributed by atoms with Crippen LogP contribution in [0.15, 0.2) is 35.3 Å². The number of hydrogen-bond donors (Lipinski definition) is 1. The van der Waals surface area contributed by atoms with Crippen LogP contribution in [0.3, 0.4) is 0 Å². The second-order valence-electron chi connectivity index (χ2n) is 6.27. The molecule has 0 saturated heterocycles. The van der Waals surface area contributed by atoms with Crippen LogP contribution in [0.2, 0.25) is 0 Å². The van der Waals surface area contributed by atoms with Gasteiger partial charge < -0.3 is 10.3 Å². The van der Waals surface area contributed by atoms with Crippen LogP contribution >= 0.6 is 0 Å². The Balaban J connectivity index is 2.06. The number of aryl methyl sites for hydroxylation is 2. The summed E-state index contributed by atoms with van der Waals surface area (Å²) in [5.41, 5.74) is 9.36. The molecule has 0 aliphatic heterocycles. The number of rotatable bonds is 2. The molecule has 21 heavy (non-hydrogen) atoms. The second kappa shape index (κ2) is 5.19. The van der Waals surface area contributed by atoms with Gasteiger partial charge in [-0.25, -0.2) is 4.79 Å². The highest BCUT2D eigenvalue weighted by Crippen LogP contribution is 2.35. The molecule has 4 heteroatoms. The Labute approximate surface area is 125 Å². The summed E-state index contributed by atoms with van der Waals surface area (Å²) in [6.07, 6.45) is 7.55. The largest absolute Gasteiger partial charge is 0.332 e. The second-order valence-corrected chi connectivity index (χ2v) is 6.27. The lowest BCUT2D eigenvalue weighted by atomic mass is 9.77. The van der Waals surface area contributed by atoms with E-state index in [1.54, 1.807) is 16.2 Å². The van der Waals surface area contributed by atoms with Gasteiger partial charge in [-0.15, -0.1) is 0 Å². The van der Waals surface area contributed by atoms with E-state index in [9.17, 15) is 4.79 Å². The molecule has 0 amide bonds. The van der Waals surface area contributed by atoms with Gasteiger partial charge in [-0.3, -0.25) is 4.57 Å². The Bertz CT molecular complexity index is 705. The summed E-state index contributed by atoms with van der Waals surface area (Å²) in [6.45, 7) is 1.95. The van der Waals surface area contributed by atoms with Crippen LogP contribution in [0, 0.1) is 6.92 Å². The predicted molar refractivity (Wildman–Crippen MR) is 84.7 cm³/mol. The lowest BCUT2D eigenvalue weighted by molar-refractivity contribution is 0.302. The molecule has 0 spiro atoms. The highest BCUT2D eigenvalue weighted by Gasteiger charge is 2.29. The zero-order valence-corrected chi connectivity index (χ0v) is 12.8. The molecule has 1 aliphatic carbocycles. The summed E-state index contributed by atoms with van der Waals surface area (Å²) in [5.74, 6) is 0. The molecule has 0 bridgehead atoms. The van der Waals surface area contributed by atoms with Crippen molar-refractivity contribution in [2.45, 2.75) is 44.6 Å². The Morgan fingerprint density at radius 1 is 1.19 bits per heavy atom. The van der Waals surface area contributed by atoms with Crippen LogP contribution in [0.5, 0.6) is 0 Å². The van der Waals surface area contributed by atoms with Crippen molar-refractivity contribution >= 4 is 0 Å². The Kier molecular flexibility index (Phi) is 3.49. The number of aromatic nitrogens is 2. The molecule has 2 N–H and O–H groups in total. The average Bonchev–Trinajstić information content (AvgIpc) is 2.73. The first-order chi connectivity index (χ1) is 10.0. The summed E-state index contributed by atoms with van der Waals surface area (Å²) in [7, 11) is 1.78. The van der Waals surface area contributed by atoms with Crippen LogP contribution < -0.4 is 11.4 Å². The molecule has 112 valence electrons. The minimum Gasteiger partial charge on any atom is -0.321 e. The van der Waals surface area contributed by atoms with Crippen molar-refractivity contribution in [2.75, 3.05) is 0 Å². The quantitative estimate of drug-likeness (QED) is 0.922. The van der Waals surface area contributed by atoms with Gasteiger partial charge in [0.2, 0.25) is 0 Å². The summed E-state index contributed by atoms with van der Waals surface area (Å²) < 4.78 is 3.36. The normalized spacial score (nSPS) is 17.9. The summed E-state index contributed by atoms with van der Waals surface area (Å²) in [5, 5.41) is 0. The van der Waals surface area contributed by atoms with Crippen molar-refractivity contribution < 1.29 is 0 Å². The number of hydrogen-bond acceptors (Lipinski definition) is 2. The molecule has 4 nitrogen and oxygen atoms in total. The molecule has 0 unspecified atom stereocenters. The fourth-order valence-corrected chi connectivity index (χ4v) is 3.44. The Morgan fingerprint density at radius 3 is 2.52 bits per heavy atom. The SMILES string of the molecule is Cc1cn(C)c(=O)n1-c1cccc(C2(N)CCCCC2)c1. The van der Waals surface area contributed by atoms with E-state index in [1.807, 2.05) is 25.3 Å². The molecule has 1 saturated carbocycles. The van der Waals surface area contributed by atoms with Crippen LogP contribution in [-0.2, 0) is 12.6 Å². The van der Waals surface area contributed by atoms with Gasteiger partial charge in [0, 0.05) is 24.5 Å². The third-order valence-corrected chi connectivity index (χ3v) is 4.65. The molecule has 1 aliphatic rings. The highest BCUT2D eigenvalue weighted by molar-refractivity contribution is 5.40. The maximum absolute atomic E-state index is 12.3. The minimum absolute atomic E-state index is 0.0145. The van der Waals surface area contributed by atoms with E-state index in [-0.39, 0.29) is 11.2 Å². The summed E-state index contributed by atoms with van der Waals surface area (Å²) in [4.78, 5) is 12.3. The van der Waals surface area contributed by atoms with E-state index in [1.165, 1.54) is 19.3 Å². The fourth-order valence-electron chi connectivity index (χ4n) is 3.44. The van der Waals surface area contributed by atoms with E-state index in [4.69, 9.17) is 5.73 Å². The topological polar surface area (TPSA) is 53.0 Å². The van der Waals surface area contributed by atoms with Gasteiger partial charge in [0.25, 0.3) is 0 Å². The molecule has 1 heterocycles. The van der Waals surface area contributed by atoms with Gasteiger partial charge >= 0.3 is 5.69 Å². The van der Waals surface area contributed by atoms with Crippen LogP contribution in [0.4, 0.5) is 0 Å². The van der Waals surface area contributed by atoms with Gasteiger partial charge in [-0.2, -0.15) is 0 Å². The summed E-state index contributed by atoms with van der Waals surface area (Å²) in [6, 6.07) is 8.16. The minimum atomic E-state index is -0.236. The van der Waals surface area contributed by atoms with E-state index in [0.717, 1.165) is 29.8 Å². The van der Waals surface area contributed by atoms with Crippen molar-refractivity contribution in [3.63, 3.8) is 0 Å². The molecule has 0 atom stereocenters. The molecule has 2 aromatic rings. The van der Waals surface area contributed by atoms with Gasteiger partial charge in [0.05, 0.1) is 5.69 Å². The lowest BCUT2D eigenvalue weighted by Gasteiger charge is -2.34. The molecular weight excluding hydrogens is 262 g/mol. The first kappa shape index (κ1) is 14.1. The lowest BCUT2D eigenvalue weighted by Crippen LogP contribution is -2.38. The van der Waals surface area contributed by atoms with E-state index >= 15 is 0 Å². The van der Waals surface area contributed by atoms with E-state index in [2.05, 4.69) is 12.1 Å². The number of nitrogens with two attached hydrogens (primary N) is 1. The van der Waals surface area contributed by atoms with Crippen molar-refractivity contribution in [3.05, 3.63) is 52.2 Å². The van der Waals surface area contributed by atoms with Crippen molar-refractivity contribution in [1.82, 2.24) is 9.13 Å². The van der Waals surface area contributed by atoms with Crippen LogP contribution in [-0.4, -0.2) is 9.13 Å². The highest BCUT2D eigenvalue weighted by atomic mass is 16.1. The van der Waals surface area contributed by atoms with E-state index < -0.39 is 0 Å². The van der Waals surface area contributed by atoms with Crippen LogP contribution in [0.25, 0.3) is 5.69 Å². The molecule has 1 aromatic carbocycles. The van der Waals surface area contributed by atoms with Gasteiger partial charge in [-0.1, -0.05) is 31.4 Å². The fraction of sp³-hybridized carbons (Fsp3) is 0.471. The zero-order valence-electron chi connectivity index (χ0n) is 12.8. The average molecular weight is 285 g/mol. The van der Waals surface area contributed by atoms with E-state index in [0.29, 0.717) is 0 Å². The Morgan fingerprint density at radius 2 is 1.90 bits per heavy atom. The van der Waals surface area contributed by atoms with Crippen molar-refractivity contribution in [2.24, 2.45) is 12.8 Å². The molecule has 1 fully saturated rings. The van der Waals surface area contributed by atoms with Crippen LogP contribution in [0.1, 0.15) is 43.4 Å². The van der Waals surface area contributed by atoms with Crippen molar-refractivity contribution in [3.8, 4) is 5.69 Å². The number of benzene rings is 1. The number of nitrogens with zero attached hydrogens (tertiary/aromatic N) is 2. The predicted octanol–water partition coefficient (Wildman–Crippen LogP) is 2.60. The van der Waals surface area contributed by atoms with Gasteiger partial charge in [0.15, 0.2) is 0 Å².